The Balaban J connectivity index is 1.69. The molecule has 0 aliphatic heterocycles. The van der Waals surface area contributed by atoms with Crippen LogP contribution in [0.5, 0.6) is 0 Å². The van der Waals surface area contributed by atoms with E-state index in [2.05, 4.69) is 4.98 Å². The van der Waals surface area contributed by atoms with Gasteiger partial charge in [0.2, 0.25) is 11.8 Å². The van der Waals surface area contributed by atoms with Crippen LogP contribution in [0.25, 0.3) is 9.88 Å². The first-order chi connectivity index (χ1) is 12.6. The topological polar surface area (TPSA) is 76.3 Å². The zero-order chi connectivity index (χ0) is 18.4. The Kier molecular flexibility index (Phi) is 6.14. The van der Waals surface area contributed by atoms with Gasteiger partial charge in [-0.25, -0.2) is 4.98 Å². The lowest BCUT2D eigenvalue weighted by atomic mass is 10.2. The first-order valence-corrected chi connectivity index (χ1v) is 9.96. The molecule has 0 atom stereocenters. The Morgan fingerprint density at radius 1 is 1.08 bits per heavy atom. The highest BCUT2D eigenvalue weighted by atomic mass is 32.1. The predicted molar refractivity (Wildman–Crippen MR) is 105 cm³/mol. The Morgan fingerprint density at radius 2 is 1.88 bits per heavy atom. The molecule has 2 amide bonds. The number of thiophene rings is 1. The molecule has 0 spiro atoms. The molecule has 0 aliphatic rings. The summed E-state index contributed by atoms with van der Waals surface area (Å²) in [5.74, 6) is -0.470. The summed E-state index contributed by atoms with van der Waals surface area (Å²) in [6.45, 7) is 0.764. The van der Waals surface area contributed by atoms with Crippen molar-refractivity contribution in [3.8, 4) is 9.88 Å². The molecule has 2 heterocycles. The number of rotatable bonds is 8. The molecule has 0 saturated carbocycles. The number of hydrogen-bond acceptors (Lipinski definition) is 5. The minimum Gasteiger partial charge on any atom is -0.370 e. The summed E-state index contributed by atoms with van der Waals surface area (Å²) < 4.78 is 0. The smallest absolute Gasteiger partial charge is 0.228 e. The van der Waals surface area contributed by atoms with E-state index in [0.29, 0.717) is 13.1 Å². The molecule has 0 radical (unpaired) electrons. The average molecular weight is 386 g/mol. The number of amides is 2. The second-order valence-corrected chi connectivity index (χ2v) is 7.62. The van der Waals surface area contributed by atoms with Gasteiger partial charge in [0.1, 0.15) is 5.01 Å². The molecule has 0 saturated heterocycles. The molecule has 7 heteroatoms. The highest BCUT2D eigenvalue weighted by Gasteiger charge is 2.17. The van der Waals surface area contributed by atoms with E-state index in [4.69, 9.17) is 5.73 Å². The van der Waals surface area contributed by atoms with Gasteiger partial charge < -0.3 is 10.6 Å². The maximum atomic E-state index is 12.8. The van der Waals surface area contributed by atoms with Crippen molar-refractivity contribution in [3.05, 3.63) is 64.5 Å². The zero-order valence-corrected chi connectivity index (χ0v) is 15.8. The van der Waals surface area contributed by atoms with E-state index in [9.17, 15) is 9.59 Å². The van der Waals surface area contributed by atoms with E-state index in [1.807, 2.05) is 53.2 Å². The van der Waals surface area contributed by atoms with E-state index in [1.54, 1.807) is 16.2 Å². The summed E-state index contributed by atoms with van der Waals surface area (Å²) in [4.78, 5) is 31.3. The highest BCUT2D eigenvalue weighted by molar-refractivity contribution is 7.20. The molecule has 0 bridgehead atoms. The van der Waals surface area contributed by atoms with Gasteiger partial charge in [0.05, 0.1) is 17.0 Å². The molecule has 0 aliphatic carbocycles. The van der Waals surface area contributed by atoms with Crippen molar-refractivity contribution < 1.29 is 9.59 Å². The van der Waals surface area contributed by atoms with Crippen LogP contribution >= 0.6 is 22.7 Å². The normalized spacial score (nSPS) is 10.6. The van der Waals surface area contributed by atoms with Gasteiger partial charge in [-0.05, 0) is 17.0 Å². The quantitative estimate of drug-likeness (QED) is 0.646. The van der Waals surface area contributed by atoms with Crippen LogP contribution in [-0.4, -0.2) is 28.2 Å². The second-order valence-electron chi connectivity index (χ2n) is 5.82. The van der Waals surface area contributed by atoms with Gasteiger partial charge >= 0.3 is 0 Å². The predicted octanol–water partition coefficient (Wildman–Crippen LogP) is 3.32. The maximum Gasteiger partial charge on any atom is 0.228 e. The molecule has 0 fully saturated rings. The van der Waals surface area contributed by atoms with Crippen LogP contribution in [0.2, 0.25) is 0 Å². The highest BCUT2D eigenvalue weighted by Crippen LogP contribution is 2.28. The Hall–Kier alpha value is -2.51. The van der Waals surface area contributed by atoms with Crippen molar-refractivity contribution in [3.63, 3.8) is 0 Å². The lowest BCUT2D eigenvalue weighted by Crippen LogP contribution is -2.34. The fourth-order valence-corrected chi connectivity index (χ4v) is 4.14. The number of benzene rings is 1. The van der Waals surface area contributed by atoms with Crippen molar-refractivity contribution in [2.24, 2.45) is 5.73 Å². The van der Waals surface area contributed by atoms with E-state index in [-0.39, 0.29) is 18.7 Å². The van der Waals surface area contributed by atoms with Gasteiger partial charge in [0.15, 0.2) is 0 Å². The van der Waals surface area contributed by atoms with Crippen molar-refractivity contribution in [2.75, 3.05) is 6.54 Å². The van der Waals surface area contributed by atoms with Crippen LogP contribution in [0.15, 0.2) is 53.2 Å². The Labute approximate surface area is 160 Å². The molecular weight excluding hydrogens is 366 g/mol. The third-order valence-electron chi connectivity index (χ3n) is 3.81. The minimum atomic E-state index is -0.412. The molecule has 0 unspecified atom stereocenters. The van der Waals surface area contributed by atoms with E-state index >= 15 is 0 Å². The number of nitrogens with zero attached hydrogens (tertiary/aromatic N) is 2. The van der Waals surface area contributed by atoms with Crippen molar-refractivity contribution in [2.45, 2.75) is 19.4 Å². The molecular formula is C19H19N3O2S2. The lowest BCUT2D eigenvalue weighted by Gasteiger charge is -2.22. The van der Waals surface area contributed by atoms with Gasteiger partial charge in [-0.3, -0.25) is 9.59 Å². The number of carbonyl (C=O) groups excluding carboxylic acids is 2. The maximum absolute atomic E-state index is 12.8. The Bertz CT molecular complexity index is 860. The monoisotopic (exact) mass is 385 g/mol. The first-order valence-electron chi connectivity index (χ1n) is 8.20. The van der Waals surface area contributed by atoms with Gasteiger partial charge in [-0.1, -0.05) is 36.4 Å². The third kappa shape index (κ3) is 5.00. The van der Waals surface area contributed by atoms with Crippen LogP contribution in [0.3, 0.4) is 0 Å². The Morgan fingerprint density at radius 3 is 2.58 bits per heavy atom. The molecule has 3 aromatic rings. The molecule has 5 nitrogen and oxygen atoms in total. The number of primary amides is 1. The summed E-state index contributed by atoms with van der Waals surface area (Å²) >= 11 is 3.17. The summed E-state index contributed by atoms with van der Waals surface area (Å²) in [7, 11) is 0. The van der Waals surface area contributed by atoms with Crippen LogP contribution in [0.4, 0.5) is 0 Å². The first kappa shape index (κ1) is 18.3. The molecule has 2 aromatic heterocycles. The largest absolute Gasteiger partial charge is 0.370 e. The average Bonchev–Trinajstić information content (AvgIpc) is 3.30. The molecule has 2 N–H and O–H groups in total. The van der Waals surface area contributed by atoms with E-state index in [0.717, 1.165) is 21.1 Å². The molecule has 1 aromatic carbocycles. The second kappa shape index (κ2) is 8.73. The third-order valence-corrected chi connectivity index (χ3v) is 5.74. The van der Waals surface area contributed by atoms with Crippen molar-refractivity contribution in [1.82, 2.24) is 9.88 Å². The number of carbonyl (C=O) groups is 2. The van der Waals surface area contributed by atoms with Gasteiger partial charge in [-0.15, -0.1) is 22.7 Å². The minimum absolute atomic E-state index is 0.0573. The molecule has 3 rings (SSSR count). The fraction of sp³-hybridized carbons (Fsp3) is 0.211. The van der Waals surface area contributed by atoms with E-state index < -0.39 is 5.91 Å². The fourth-order valence-electron chi connectivity index (χ4n) is 2.51. The zero-order valence-electron chi connectivity index (χ0n) is 14.1. The van der Waals surface area contributed by atoms with Crippen molar-refractivity contribution >= 4 is 34.5 Å². The van der Waals surface area contributed by atoms with Gasteiger partial charge in [0.25, 0.3) is 0 Å². The summed E-state index contributed by atoms with van der Waals surface area (Å²) in [5.41, 5.74) is 7.03. The SMILES string of the molecule is NC(=O)CCN(Cc1ccccc1)C(=O)Cc1csc(-c2cccs2)n1. The number of nitrogens with two attached hydrogens (primary N) is 1. The number of thiazole rings is 1. The van der Waals surface area contributed by atoms with Crippen LogP contribution in [-0.2, 0) is 22.6 Å². The summed E-state index contributed by atoms with van der Waals surface area (Å²) in [6.07, 6.45) is 0.365. The molecule has 134 valence electrons. The van der Waals surface area contributed by atoms with Crippen LogP contribution in [0.1, 0.15) is 17.7 Å². The molecule has 26 heavy (non-hydrogen) atoms. The summed E-state index contributed by atoms with van der Waals surface area (Å²) in [6, 6.07) is 13.7. The van der Waals surface area contributed by atoms with E-state index in [1.165, 1.54) is 11.3 Å². The summed E-state index contributed by atoms with van der Waals surface area (Å²) in [5, 5.41) is 4.85. The van der Waals surface area contributed by atoms with Gasteiger partial charge in [-0.2, -0.15) is 0 Å². The lowest BCUT2D eigenvalue weighted by molar-refractivity contribution is -0.131. The number of aromatic nitrogens is 1. The van der Waals surface area contributed by atoms with Crippen LogP contribution in [0, 0.1) is 0 Å². The van der Waals surface area contributed by atoms with Gasteiger partial charge in [0, 0.05) is 24.9 Å². The standard InChI is InChI=1S/C19H19N3O2S2/c20-17(23)8-9-22(12-14-5-2-1-3-6-14)18(24)11-15-13-26-19(21-15)16-7-4-10-25-16/h1-7,10,13H,8-9,11-12H2,(H2,20,23). The number of hydrogen-bond donors (Lipinski definition) is 1. The van der Waals surface area contributed by atoms with Crippen molar-refractivity contribution in [1.29, 1.82) is 0 Å². The van der Waals surface area contributed by atoms with Crippen LogP contribution < -0.4 is 5.73 Å².